The van der Waals surface area contributed by atoms with E-state index in [0.717, 1.165) is 37.1 Å². The average Bonchev–Trinajstić information content (AvgIpc) is 2.80. The fourth-order valence-electron chi connectivity index (χ4n) is 4.28. The number of sulfonamides is 1. The van der Waals surface area contributed by atoms with Crippen molar-refractivity contribution in [3.63, 3.8) is 0 Å². The average molecular weight is 525 g/mol. The summed E-state index contributed by atoms with van der Waals surface area (Å²) < 4.78 is 27.7. The van der Waals surface area contributed by atoms with Crippen LogP contribution in [0.4, 0.5) is 5.69 Å². The number of benzene rings is 2. The molecule has 0 radical (unpaired) electrons. The highest BCUT2D eigenvalue weighted by Gasteiger charge is 2.31. The van der Waals surface area contributed by atoms with E-state index in [1.807, 2.05) is 36.4 Å². The first-order valence-corrected chi connectivity index (χ1v) is 13.3. The maximum Gasteiger partial charge on any atom is 0.242 e. The molecule has 33 heavy (non-hydrogen) atoms. The van der Waals surface area contributed by atoms with Crippen LogP contribution in [0.25, 0.3) is 0 Å². The zero-order valence-corrected chi connectivity index (χ0v) is 20.9. The van der Waals surface area contributed by atoms with Crippen molar-refractivity contribution in [2.45, 2.75) is 30.2 Å². The van der Waals surface area contributed by atoms with Crippen molar-refractivity contribution in [1.82, 2.24) is 9.71 Å². The number of nitrogens with zero attached hydrogens (tertiary/aromatic N) is 2. The smallest absolute Gasteiger partial charge is 0.242 e. The first-order chi connectivity index (χ1) is 15.8. The van der Waals surface area contributed by atoms with Gasteiger partial charge in [-0.2, -0.15) is 0 Å². The van der Waals surface area contributed by atoms with Crippen LogP contribution in [-0.2, 0) is 10.0 Å². The summed E-state index contributed by atoms with van der Waals surface area (Å²) in [6.07, 6.45) is 5.48. The van der Waals surface area contributed by atoms with Gasteiger partial charge >= 0.3 is 0 Å². The highest BCUT2D eigenvalue weighted by Crippen LogP contribution is 2.41. The van der Waals surface area contributed by atoms with Crippen molar-refractivity contribution in [3.05, 3.63) is 87.6 Å². The number of rotatable bonds is 7. The molecule has 5 nitrogen and oxygen atoms in total. The van der Waals surface area contributed by atoms with Crippen molar-refractivity contribution in [2.75, 3.05) is 18.0 Å². The van der Waals surface area contributed by atoms with Gasteiger partial charge in [0.2, 0.25) is 10.0 Å². The minimum Gasteiger partial charge on any atom is -0.364 e. The highest BCUT2D eigenvalue weighted by atomic mass is 35.5. The summed E-state index contributed by atoms with van der Waals surface area (Å²) in [7, 11) is -3.57. The van der Waals surface area contributed by atoms with Gasteiger partial charge in [0, 0.05) is 46.2 Å². The number of halogens is 3. The van der Waals surface area contributed by atoms with E-state index in [1.165, 1.54) is 6.20 Å². The lowest BCUT2D eigenvalue weighted by atomic mass is 9.86. The molecule has 1 aromatic heterocycles. The zero-order chi connectivity index (χ0) is 23.4. The van der Waals surface area contributed by atoms with E-state index in [2.05, 4.69) is 14.6 Å². The second kappa shape index (κ2) is 10.6. The molecule has 1 fully saturated rings. The lowest BCUT2D eigenvalue weighted by molar-refractivity contribution is 0.343. The molecule has 0 bridgehead atoms. The molecule has 0 saturated carbocycles. The van der Waals surface area contributed by atoms with E-state index in [4.69, 9.17) is 34.8 Å². The van der Waals surface area contributed by atoms with Gasteiger partial charge in [-0.1, -0.05) is 40.9 Å². The molecule has 1 N–H and O–H groups in total. The Hall–Kier alpha value is -1.83. The van der Waals surface area contributed by atoms with Crippen molar-refractivity contribution < 1.29 is 8.42 Å². The molecule has 2 aromatic carbocycles. The van der Waals surface area contributed by atoms with Crippen molar-refractivity contribution in [3.8, 4) is 0 Å². The Morgan fingerprint density at radius 2 is 1.76 bits per heavy atom. The van der Waals surface area contributed by atoms with Crippen LogP contribution in [0.2, 0.25) is 15.1 Å². The summed E-state index contributed by atoms with van der Waals surface area (Å²) in [5, 5.41) is 1.93. The van der Waals surface area contributed by atoms with Crippen LogP contribution in [-0.4, -0.2) is 26.5 Å². The summed E-state index contributed by atoms with van der Waals surface area (Å²) in [5.41, 5.74) is 2.09. The van der Waals surface area contributed by atoms with E-state index >= 15 is 0 Å². The van der Waals surface area contributed by atoms with Gasteiger partial charge in [0.05, 0.1) is 6.04 Å². The molecule has 174 valence electrons. The Morgan fingerprint density at radius 3 is 2.45 bits per heavy atom. The Morgan fingerprint density at radius 1 is 1.00 bits per heavy atom. The molecule has 0 aliphatic carbocycles. The van der Waals surface area contributed by atoms with E-state index in [9.17, 15) is 8.42 Å². The molecule has 2 heterocycles. The Kier molecular flexibility index (Phi) is 7.82. The van der Waals surface area contributed by atoms with E-state index in [1.54, 1.807) is 24.4 Å². The van der Waals surface area contributed by atoms with E-state index in [0.29, 0.717) is 27.5 Å². The molecule has 0 spiro atoms. The number of aromatic nitrogens is 1. The van der Waals surface area contributed by atoms with Crippen LogP contribution in [0.1, 0.15) is 30.9 Å². The first kappa shape index (κ1) is 24.3. The third-order valence-electron chi connectivity index (χ3n) is 5.95. The van der Waals surface area contributed by atoms with Crippen LogP contribution >= 0.6 is 34.8 Å². The van der Waals surface area contributed by atoms with Crippen LogP contribution in [0, 0.1) is 5.92 Å². The van der Waals surface area contributed by atoms with Gasteiger partial charge in [-0.05, 0) is 79.3 Å². The summed E-state index contributed by atoms with van der Waals surface area (Å²) >= 11 is 18.8. The third kappa shape index (κ3) is 6.00. The summed E-state index contributed by atoms with van der Waals surface area (Å²) in [6.45, 7) is 1.14. The fraction of sp³-hybridized carbons (Fsp3) is 0.292. The molecular weight excluding hydrogens is 501 g/mol. The SMILES string of the molecule is O=S(=O)(NCC[C@@H]1CC[C@@H](c2ccc(Cl)cc2Cl)N(c2ccc(Cl)cc2)C1)c1cccnc1. The normalized spacial score (nSPS) is 18.9. The number of piperidine rings is 1. The van der Waals surface area contributed by atoms with Gasteiger partial charge in [-0.3, -0.25) is 4.98 Å². The maximum atomic E-state index is 12.5. The topological polar surface area (TPSA) is 62.3 Å². The second-order valence-corrected chi connectivity index (χ2v) is 11.2. The number of hydrogen-bond donors (Lipinski definition) is 1. The quantitative estimate of drug-likeness (QED) is 0.390. The van der Waals surface area contributed by atoms with Gasteiger partial charge in [0.25, 0.3) is 0 Å². The number of hydrogen-bond acceptors (Lipinski definition) is 4. The molecule has 3 aromatic rings. The Bertz CT molecular complexity index is 1190. The second-order valence-electron chi connectivity index (χ2n) is 8.13. The third-order valence-corrected chi connectivity index (χ3v) is 8.21. The molecule has 4 rings (SSSR count). The molecule has 2 atom stereocenters. The van der Waals surface area contributed by atoms with E-state index < -0.39 is 10.0 Å². The van der Waals surface area contributed by atoms with Gasteiger partial charge < -0.3 is 4.90 Å². The fourth-order valence-corrected chi connectivity index (χ4v) is 5.95. The number of anilines is 1. The molecule has 1 aliphatic rings. The predicted molar refractivity (Wildman–Crippen MR) is 135 cm³/mol. The molecule has 1 saturated heterocycles. The molecule has 0 amide bonds. The van der Waals surface area contributed by atoms with Crippen LogP contribution in [0.5, 0.6) is 0 Å². The summed E-state index contributed by atoms with van der Waals surface area (Å²) in [4.78, 5) is 6.40. The van der Waals surface area contributed by atoms with Gasteiger partial charge in [0.1, 0.15) is 4.90 Å². The minimum absolute atomic E-state index is 0.0966. The Balaban J connectivity index is 1.48. The van der Waals surface area contributed by atoms with E-state index in [-0.39, 0.29) is 10.9 Å². The molecule has 9 heteroatoms. The summed E-state index contributed by atoms with van der Waals surface area (Å²) in [5.74, 6) is 0.319. The minimum atomic E-state index is -3.57. The lowest BCUT2D eigenvalue weighted by Gasteiger charge is -2.42. The van der Waals surface area contributed by atoms with Gasteiger partial charge in [-0.15, -0.1) is 0 Å². The molecule has 1 aliphatic heterocycles. The predicted octanol–water partition coefficient (Wildman–Crippen LogP) is 6.37. The lowest BCUT2D eigenvalue weighted by Crippen LogP contribution is -2.39. The zero-order valence-electron chi connectivity index (χ0n) is 17.8. The standard InChI is InChI=1S/C24H24Cl3N3O2S/c25-18-4-7-20(8-5-18)30-16-17(3-10-24(30)22-9-6-19(26)14-23(22)27)11-13-29-33(31,32)21-2-1-12-28-15-21/h1-2,4-9,12,14-15,17,24,29H,3,10-11,13,16H2/t17-,24-/m0/s1. The molecule has 0 unspecified atom stereocenters. The van der Waals surface area contributed by atoms with Crippen LogP contribution < -0.4 is 9.62 Å². The van der Waals surface area contributed by atoms with Crippen LogP contribution in [0.3, 0.4) is 0 Å². The Labute approximate surface area is 209 Å². The van der Waals surface area contributed by atoms with Crippen LogP contribution in [0.15, 0.2) is 71.9 Å². The van der Waals surface area contributed by atoms with Crippen molar-refractivity contribution in [2.24, 2.45) is 5.92 Å². The number of pyridine rings is 1. The number of nitrogens with one attached hydrogen (secondary N) is 1. The molecular formula is C24H24Cl3N3O2S. The maximum absolute atomic E-state index is 12.5. The highest BCUT2D eigenvalue weighted by molar-refractivity contribution is 7.89. The van der Waals surface area contributed by atoms with Gasteiger partial charge in [-0.25, -0.2) is 13.1 Å². The van der Waals surface area contributed by atoms with Crippen molar-refractivity contribution in [1.29, 1.82) is 0 Å². The largest absolute Gasteiger partial charge is 0.364 e. The van der Waals surface area contributed by atoms with Crippen molar-refractivity contribution >= 4 is 50.5 Å². The monoisotopic (exact) mass is 523 g/mol. The van der Waals surface area contributed by atoms with Gasteiger partial charge in [0.15, 0.2) is 0 Å². The first-order valence-electron chi connectivity index (χ1n) is 10.7. The summed E-state index contributed by atoms with van der Waals surface area (Å²) in [6, 6.07) is 16.6.